The molecule has 8 nitrogen and oxygen atoms in total. The summed E-state index contributed by atoms with van der Waals surface area (Å²) in [5, 5.41) is 11.8. The summed E-state index contributed by atoms with van der Waals surface area (Å²) in [6, 6.07) is 10.6. The normalized spacial score (nSPS) is 14.5. The molecule has 38 heavy (non-hydrogen) atoms. The van der Waals surface area contributed by atoms with E-state index in [4.69, 9.17) is 15.2 Å². The molecule has 0 bridgehead atoms. The molecule has 1 fully saturated rings. The summed E-state index contributed by atoms with van der Waals surface area (Å²) in [7, 11) is 3.51. The first-order valence-corrected chi connectivity index (χ1v) is 13.6. The fourth-order valence-corrected chi connectivity index (χ4v) is 5.77. The van der Waals surface area contributed by atoms with Crippen molar-refractivity contribution in [2.24, 2.45) is 0 Å². The molecule has 0 radical (unpaired) electrons. The lowest BCUT2D eigenvalue weighted by atomic mass is 9.90. The van der Waals surface area contributed by atoms with Crippen LogP contribution in [0.3, 0.4) is 0 Å². The predicted octanol–water partition coefficient (Wildman–Crippen LogP) is 5.05. The number of carbonyl (C=O) groups excluding carboxylic acids is 1. The maximum absolute atomic E-state index is 13.4. The van der Waals surface area contributed by atoms with Crippen molar-refractivity contribution in [3.63, 3.8) is 0 Å². The highest BCUT2D eigenvalue weighted by molar-refractivity contribution is 7.14. The molecule has 196 valence electrons. The zero-order valence-electron chi connectivity index (χ0n) is 21.8. The first-order chi connectivity index (χ1) is 18.4. The van der Waals surface area contributed by atoms with Crippen molar-refractivity contribution in [1.29, 1.82) is 5.26 Å². The van der Waals surface area contributed by atoms with E-state index >= 15 is 0 Å². The van der Waals surface area contributed by atoms with Gasteiger partial charge in [0.1, 0.15) is 17.3 Å². The number of imidazole rings is 1. The third-order valence-electron chi connectivity index (χ3n) is 7.20. The highest BCUT2D eigenvalue weighted by atomic mass is 32.1. The third-order valence-corrected chi connectivity index (χ3v) is 8.12. The number of nitriles is 1. The Bertz CT molecular complexity index is 1480. The number of pyridine rings is 1. The van der Waals surface area contributed by atoms with Crippen LogP contribution >= 0.6 is 11.3 Å². The van der Waals surface area contributed by atoms with Crippen LogP contribution in [0.25, 0.3) is 16.9 Å². The van der Waals surface area contributed by atoms with Crippen molar-refractivity contribution < 1.29 is 9.18 Å². The minimum Gasteiger partial charge on any atom is -0.305 e. The van der Waals surface area contributed by atoms with Gasteiger partial charge in [0, 0.05) is 31.2 Å². The van der Waals surface area contributed by atoms with Crippen LogP contribution in [0.1, 0.15) is 36.9 Å². The maximum Gasteiger partial charge on any atom is 0.249 e. The first-order valence-electron chi connectivity index (χ1n) is 12.7. The molecule has 3 aromatic heterocycles. The summed E-state index contributed by atoms with van der Waals surface area (Å²) < 4.78 is 15.5. The van der Waals surface area contributed by atoms with Crippen LogP contribution in [0.2, 0.25) is 0 Å². The molecule has 10 heteroatoms. The number of nitrogens with zero attached hydrogens (tertiary/aromatic N) is 7. The molecule has 0 atom stereocenters. The van der Waals surface area contributed by atoms with E-state index in [0.717, 1.165) is 70.8 Å². The molecule has 0 N–H and O–H groups in total. The number of halogens is 1. The second-order valence-electron chi connectivity index (χ2n) is 9.61. The number of hydrogen-bond donors (Lipinski definition) is 0. The molecular weight excluding hydrogens is 501 g/mol. The van der Waals surface area contributed by atoms with E-state index in [1.807, 2.05) is 18.6 Å². The Morgan fingerprint density at radius 2 is 1.89 bits per heavy atom. The Kier molecular flexibility index (Phi) is 7.40. The zero-order valence-corrected chi connectivity index (χ0v) is 22.6. The largest absolute Gasteiger partial charge is 0.305 e. The van der Waals surface area contributed by atoms with Crippen molar-refractivity contribution >= 4 is 33.8 Å². The lowest BCUT2D eigenvalue weighted by Crippen LogP contribution is -2.40. The summed E-state index contributed by atoms with van der Waals surface area (Å²) in [6.07, 6.45) is 6.75. The Labute approximate surface area is 225 Å². The van der Waals surface area contributed by atoms with Gasteiger partial charge >= 0.3 is 0 Å². The summed E-state index contributed by atoms with van der Waals surface area (Å²) in [4.78, 5) is 27.1. The van der Waals surface area contributed by atoms with Crippen molar-refractivity contribution in [2.75, 3.05) is 38.6 Å². The molecule has 1 aromatic carbocycles. The molecule has 0 aliphatic carbocycles. The van der Waals surface area contributed by atoms with E-state index in [1.54, 1.807) is 23.5 Å². The van der Waals surface area contributed by atoms with Gasteiger partial charge in [-0.15, -0.1) is 11.3 Å². The Morgan fingerprint density at radius 1 is 1.16 bits per heavy atom. The molecule has 4 heterocycles. The van der Waals surface area contributed by atoms with Crippen molar-refractivity contribution in [2.45, 2.75) is 32.1 Å². The van der Waals surface area contributed by atoms with Gasteiger partial charge in [0.25, 0.3) is 0 Å². The molecule has 0 spiro atoms. The number of carbonyl (C=O) groups is 1. The van der Waals surface area contributed by atoms with E-state index in [1.165, 1.54) is 24.7 Å². The van der Waals surface area contributed by atoms with E-state index in [-0.39, 0.29) is 18.3 Å². The van der Waals surface area contributed by atoms with Crippen molar-refractivity contribution in [3.8, 4) is 17.5 Å². The molecule has 0 saturated carbocycles. The van der Waals surface area contributed by atoms with Crippen molar-refractivity contribution in [3.05, 3.63) is 65.0 Å². The Morgan fingerprint density at radius 3 is 2.58 bits per heavy atom. The van der Waals surface area contributed by atoms with E-state index in [2.05, 4.69) is 39.5 Å². The van der Waals surface area contributed by atoms with Crippen LogP contribution < -0.4 is 4.90 Å². The number of aryl methyl sites for hydroxylation is 1. The third kappa shape index (κ3) is 5.12. The minimum absolute atomic E-state index is 0.171. The monoisotopic (exact) mass is 531 g/mol. The highest BCUT2D eigenvalue weighted by Gasteiger charge is 2.25. The summed E-state index contributed by atoms with van der Waals surface area (Å²) >= 11 is 1.55. The minimum atomic E-state index is -0.263. The van der Waals surface area contributed by atoms with E-state index in [9.17, 15) is 9.18 Å². The second-order valence-corrected chi connectivity index (χ2v) is 10.4. The maximum atomic E-state index is 13.4. The van der Waals surface area contributed by atoms with Crippen LogP contribution in [0.4, 0.5) is 15.3 Å². The number of thiazole rings is 1. The molecule has 0 unspecified atom stereocenters. The summed E-state index contributed by atoms with van der Waals surface area (Å²) in [6.45, 7) is 4.01. The smallest absolute Gasteiger partial charge is 0.249 e. The van der Waals surface area contributed by atoms with Gasteiger partial charge in [0.15, 0.2) is 11.3 Å². The fraction of sp³-hybridized carbons (Fsp3) is 0.357. The molecule has 5 rings (SSSR count). The highest BCUT2D eigenvalue weighted by Crippen LogP contribution is 2.35. The number of amides is 1. The lowest BCUT2D eigenvalue weighted by Gasteiger charge is -2.32. The number of benzene rings is 1. The average molecular weight is 532 g/mol. The first kappa shape index (κ1) is 25.8. The number of likely N-dealkylation sites (tertiary alicyclic amines) is 1. The topological polar surface area (TPSA) is 80.8 Å². The molecule has 4 aromatic rings. The Balaban J connectivity index is 1.37. The zero-order chi connectivity index (χ0) is 26.8. The number of hydrogen-bond acceptors (Lipinski definition) is 7. The van der Waals surface area contributed by atoms with Gasteiger partial charge in [-0.3, -0.25) is 19.0 Å². The summed E-state index contributed by atoms with van der Waals surface area (Å²) in [5.41, 5.74) is 4.84. The SMILES string of the molecule is CCc1nc2ccc(C3CCN(CC(=O)N(C)C#N)CC3)cn2c1N(C)c1nc(-c2ccc(F)cc2)cs1. The van der Waals surface area contributed by atoms with Crippen LogP contribution in [0, 0.1) is 17.3 Å². The molecule has 1 aliphatic rings. The van der Waals surface area contributed by atoms with Crippen LogP contribution in [-0.2, 0) is 11.2 Å². The number of aromatic nitrogens is 3. The number of piperidine rings is 1. The second kappa shape index (κ2) is 10.9. The average Bonchev–Trinajstić information content (AvgIpc) is 3.58. The molecule has 1 aliphatic heterocycles. The quantitative estimate of drug-likeness (QED) is 0.245. The molecular formula is C28H30FN7OS. The number of fused-ring (bicyclic) bond motifs is 1. The standard InChI is InChI=1S/C28H30FN7OS/c1-4-23-27(34(3)28-32-24(17-38-28)20-5-8-22(29)9-6-20)36-15-21(7-10-25(36)31-23)19-11-13-35(14-12-19)16-26(37)33(2)18-30/h5-10,15,17,19H,4,11-14,16H2,1-3H3. The van der Waals surface area contributed by atoms with Gasteiger partial charge in [-0.25, -0.2) is 14.4 Å². The van der Waals surface area contributed by atoms with Gasteiger partial charge < -0.3 is 4.90 Å². The van der Waals surface area contributed by atoms with Crippen LogP contribution in [0.5, 0.6) is 0 Å². The molecule has 1 saturated heterocycles. The summed E-state index contributed by atoms with van der Waals surface area (Å²) in [5.74, 6) is 0.943. The Hall–Kier alpha value is -3.81. The van der Waals surface area contributed by atoms with Crippen LogP contribution in [-0.4, -0.2) is 63.8 Å². The van der Waals surface area contributed by atoms with Gasteiger partial charge in [-0.05, 0) is 74.2 Å². The van der Waals surface area contributed by atoms with Gasteiger partial charge in [0.2, 0.25) is 5.91 Å². The van der Waals surface area contributed by atoms with Gasteiger partial charge in [-0.1, -0.05) is 13.0 Å². The number of rotatable bonds is 7. The van der Waals surface area contributed by atoms with E-state index in [0.29, 0.717) is 5.92 Å². The lowest BCUT2D eigenvalue weighted by molar-refractivity contribution is -0.128. The predicted molar refractivity (Wildman–Crippen MR) is 147 cm³/mol. The molecule has 1 amide bonds. The van der Waals surface area contributed by atoms with E-state index < -0.39 is 0 Å². The van der Waals surface area contributed by atoms with Crippen LogP contribution in [0.15, 0.2) is 48.0 Å². The van der Waals surface area contributed by atoms with Gasteiger partial charge in [-0.2, -0.15) is 5.26 Å². The van der Waals surface area contributed by atoms with Crippen molar-refractivity contribution in [1.82, 2.24) is 24.2 Å². The van der Waals surface area contributed by atoms with Gasteiger partial charge in [0.05, 0.1) is 17.9 Å². The fourth-order valence-electron chi connectivity index (χ4n) is 4.97. The number of anilines is 2. The number of likely N-dealkylation sites (N-methyl/N-ethyl adjacent to an activating group) is 1.